The highest BCUT2D eigenvalue weighted by Gasteiger charge is 2.31. The normalized spacial score (nSPS) is 11.9. The number of hydrogen-bond donors (Lipinski definition) is 0. The van der Waals surface area contributed by atoms with E-state index in [0.717, 1.165) is 16.5 Å². The Bertz CT molecular complexity index is 1330. The van der Waals surface area contributed by atoms with Crippen LogP contribution < -0.4 is 4.74 Å². The Morgan fingerprint density at radius 2 is 2.03 bits per heavy atom. The number of carbonyl (C=O) groups is 1. The lowest BCUT2D eigenvalue weighted by molar-refractivity contribution is -0.154. The molecular formula is C25H27ClN4O4. The van der Waals surface area contributed by atoms with Gasteiger partial charge in [0.15, 0.2) is 0 Å². The minimum atomic E-state index is -0.727. The third-order valence-electron chi connectivity index (χ3n) is 5.27. The van der Waals surface area contributed by atoms with Crippen LogP contribution >= 0.6 is 11.6 Å². The summed E-state index contributed by atoms with van der Waals surface area (Å²) in [6, 6.07) is 11.1. The molecule has 0 fully saturated rings. The summed E-state index contributed by atoms with van der Waals surface area (Å²) in [7, 11) is 0. The number of fused-ring (bicyclic) bond motifs is 1. The van der Waals surface area contributed by atoms with Gasteiger partial charge in [-0.05, 0) is 58.9 Å². The van der Waals surface area contributed by atoms with Crippen LogP contribution in [-0.2, 0) is 16.1 Å². The van der Waals surface area contributed by atoms with Gasteiger partial charge in [-0.2, -0.15) is 10.1 Å². The van der Waals surface area contributed by atoms with Crippen LogP contribution in [0.1, 0.15) is 34.6 Å². The summed E-state index contributed by atoms with van der Waals surface area (Å²) >= 11 is 6.36. The van der Waals surface area contributed by atoms with Gasteiger partial charge in [-0.15, -0.1) is 0 Å². The summed E-state index contributed by atoms with van der Waals surface area (Å²) < 4.78 is 18.2. The van der Waals surface area contributed by atoms with Gasteiger partial charge >= 0.3 is 5.97 Å². The Morgan fingerprint density at radius 3 is 2.74 bits per heavy atom. The molecule has 0 unspecified atom stereocenters. The van der Waals surface area contributed by atoms with Crippen molar-refractivity contribution < 1.29 is 18.8 Å². The second-order valence-electron chi connectivity index (χ2n) is 8.88. The number of aromatic nitrogens is 4. The molecule has 0 atom stereocenters. The molecule has 34 heavy (non-hydrogen) atoms. The van der Waals surface area contributed by atoms with Gasteiger partial charge in [0.25, 0.3) is 5.89 Å². The molecule has 2 aromatic carbocycles. The molecule has 2 heterocycles. The van der Waals surface area contributed by atoms with Gasteiger partial charge in [-0.1, -0.05) is 28.9 Å². The molecule has 0 saturated carbocycles. The largest absolute Gasteiger partial charge is 0.489 e. The van der Waals surface area contributed by atoms with E-state index in [0.29, 0.717) is 41.2 Å². The van der Waals surface area contributed by atoms with Gasteiger partial charge in [-0.25, -0.2) is 0 Å². The maximum atomic E-state index is 12.3. The van der Waals surface area contributed by atoms with Crippen molar-refractivity contribution in [2.45, 2.75) is 47.3 Å². The third-order valence-corrected chi connectivity index (χ3v) is 5.56. The van der Waals surface area contributed by atoms with Gasteiger partial charge in [0.05, 0.1) is 41.4 Å². The van der Waals surface area contributed by atoms with E-state index in [1.54, 1.807) is 29.9 Å². The van der Waals surface area contributed by atoms with Crippen molar-refractivity contribution in [1.29, 1.82) is 0 Å². The van der Waals surface area contributed by atoms with Gasteiger partial charge in [0.2, 0.25) is 5.82 Å². The average Bonchev–Trinajstić information content (AvgIpc) is 3.42. The molecule has 178 valence electrons. The van der Waals surface area contributed by atoms with Crippen molar-refractivity contribution in [3.8, 4) is 28.6 Å². The zero-order chi connectivity index (χ0) is 24.5. The number of nitrogens with zero attached hydrogens (tertiary/aromatic N) is 4. The molecule has 0 amide bonds. The maximum absolute atomic E-state index is 12.3. The topological polar surface area (TPSA) is 92.3 Å². The Labute approximate surface area is 202 Å². The molecular weight excluding hydrogens is 456 g/mol. The summed E-state index contributed by atoms with van der Waals surface area (Å²) in [5.74, 6) is 1.12. The summed E-state index contributed by atoms with van der Waals surface area (Å²) in [4.78, 5) is 16.9. The Balaban J connectivity index is 1.64. The van der Waals surface area contributed by atoms with Gasteiger partial charge in [0.1, 0.15) is 5.75 Å². The molecule has 0 spiro atoms. The highest BCUT2D eigenvalue weighted by molar-refractivity contribution is 6.32. The summed E-state index contributed by atoms with van der Waals surface area (Å²) in [5, 5.41) is 10.0. The molecule has 0 aliphatic rings. The van der Waals surface area contributed by atoms with Crippen molar-refractivity contribution in [1.82, 2.24) is 19.9 Å². The minimum absolute atomic E-state index is 0.0163. The van der Waals surface area contributed by atoms with E-state index in [1.807, 2.05) is 52.0 Å². The smallest absolute Gasteiger partial charge is 0.313 e. The second kappa shape index (κ2) is 9.46. The number of carbonyl (C=O) groups excluding carboxylic acids is 1. The van der Waals surface area contributed by atoms with Crippen LogP contribution in [0.15, 0.2) is 47.1 Å². The molecule has 0 bridgehead atoms. The first-order valence-electron chi connectivity index (χ1n) is 11.1. The fourth-order valence-corrected chi connectivity index (χ4v) is 3.85. The molecule has 0 N–H and O–H groups in total. The highest BCUT2D eigenvalue weighted by atomic mass is 35.5. The monoisotopic (exact) mass is 482 g/mol. The Kier molecular flexibility index (Phi) is 6.61. The second-order valence-corrected chi connectivity index (χ2v) is 9.29. The number of ether oxygens (including phenoxy) is 2. The molecule has 4 aromatic rings. The van der Waals surface area contributed by atoms with Crippen molar-refractivity contribution in [2.75, 3.05) is 6.61 Å². The van der Waals surface area contributed by atoms with E-state index >= 15 is 0 Å². The highest BCUT2D eigenvalue weighted by Crippen LogP contribution is 2.33. The first-order valence-corrected chi connectivity index (χ1v) is 11.5. The number of rotatable bonds is 8. The van der Waals surface area contributed by atoms with E-state index in [1.165, 1.54) is 0 Å². The fraction of sp³-hybridized carbons (Fsp3) is 0.360. The maximum Gasteiger partial charge on any atom is 0.313 e. The average molecular weight is 483 g/mol. The zero-order valence-corrected chi connectivity index (χ0v) is 20.6. The van der Waals surface area contributed by atoms with Crippen molar-refractivity contribution in [2.24, 2.45) is 5.41 Å². The van der Waals surface area contributed by atoms with Crippen LogP contribution in [0.5, 0.6) is 5.75 Å². The molecule has 2 aromatic heterocycles. The summed E-state index contributed by atoms with van der Waals surface area (Å²) in [5.41, 5.74) is 1.60. The van der Waals surface area contributed by atoms with Gasteiger partial charge in [0, 0.05) is 16.5 Å². The van der Waals surface area contributed by atoms with Crippen LogP contribution in [0.4, 0.5) is 0 Å². The summed E-state index contributed by atoms with van der Waals surface area (Å²) in [6.07, 6.45) is 1.76. The first-order chi connectivity index (χ1) is 16.2. The predicted molar refractivity (Wildman–Crippen MR) is 130 cm³/mol. The molecule has 0 saturated heterocycles. The number of halogens is 1. The molecule has 0 radical (unpaired) electrons. The lowest BCUT2D eigenvalue weighted by atomic mass is 9.93. The number of esters is 1. The van der Waals surface area contributed by atoms with Crippen LogP contribution in [0.3, 0.4) is 0 Å². The Morgan fingerprint density at radius 1 is 1.24 bits per heavy atom. The SMILES string of the molecule is CCOC(=O)C(C)(C)Cn1ncc2c(-c3noc(-c4ccc(OC(C)C)c(Cl)c4)n3)cccc21. The van der Waals surface area contributed by atoms with Crippen LogP contribution in [-0.4, -0.2) is 38.6 Å². The van der Waals surface area contributed by atoms with Crippen LogP contribution in [0, 0.1) is 5.41 Å². The first kappa shape index (κ1) is 23.8. The molecule has 9 heteroatoms. The van der Waals surface area contributed by atoms with E-state index < -0.39 is 5.41 Å². The van der Waals surface area contributed by atoms with Crippen LogP contribution in [0.2, 0.25) is 5.02 Å². The minimum Gasteiger partial charge on any atom is -0.489 e. The Hall–Kier alpha value is -3.39. The molecule has 4 rings (SSSR count). The number of hydrogen-bond acceptors (Lipinski definition) is 7. The van der Waals surface area contributed by atoms with Crippen molar-refractivity contribution >= 4 is 28.5 Å². The van der Waals surface area contributed by atoms with Crippen molar-refractivity contribution in [3.05, 3.63) is 47.6 Å². The molecule has 0 aliphatic heterocycles. The van der Waals surface area contributed by atoms with Gasteiger partial charge < -0.3 is 14.0 Å². The quantitative estimate of drug-likeness (QED) is 0.294. The summed E-state index contributed by atoms with van der Waals surface area (Å²) in [6.45, 7) is 10.1. The lowest BCUT2D eigenvalue weighted by Crippen LogP contribution is -2.31. The predicted octanol–water partition coefficient (Wildman–Crippen LogP) is 5.78. The molecule has 0 aliphatic carbocycles. The van der Waals surface area contributed by atoms with E-state index in [2.05, 4.69) is 15.2 Å². The van der Waals surface area contributed by atoms with Crippen molar-refractivity contribution in [3.63, 3.8) is 0 Å². The fourth-order valence-electron chi connectivity index (χ4n) is 3.62. The number of benzene rings is 2. The zero-order valence-electron chi connectivity index (χ0n) is 19.8. The lowest BCUT2D eigenvalue weighted by Gasteiger charge is -2.22. The van der Waals surface area contributed by atoms with Crippen LogP contribution in [0.25, 0.3) is 33.7 Å². The van der Waals surface area contributed by atoms with Gasteiger partial charge in [-0.3, -0.25) is 9.48 Å². The standard InChI is InChI=1S/C25H27ClN4O4/c1-6-32-24(31)25(4,5)14-30-20-9-7-8-17(18(20)13-27-30)22-28-23(34-29-22)16-10-11-21(19(26)12-16)33-15(2)3/h7-13,15H,6,14H2,1-5H3. The third kappa shape index (κ3) is 4.77. The molecule has 8 nitrogen and oxygen atoms in total. The van der Waals surface area contributed by atoms with E-state index in [9.17, 15) is 4.79 Å². The van der Waals surface area contributed by atoms with E-state index in [-0.39, 0.29) is 12.1 Å². The van der Waals surface area contributed by atoms with E-state index in [4.69, 9.17) is 25.6 Å².